The summed E-state index contributed by atoms with van der Waals surface area (Å²) in [6.07, 6.45) is 0.499. The van der Waals surface area contributed by atoms with Crippen molar-refractivity contribution in [1.82, 2.24) is 0 Å². The molecule has 2 aromatic rings. The zero-order valence-corrected chi connectivity index (χ0v) is 21.2. The second kappa shape index (κ2) is 9.90. The number of aliphatic carboxylic acids is 1. The summed E-state index contributed by atoms with van der Waals surface area (Å²) in [6, 6.07) is 12.5. The molecule has 1 heterocycles. The molecule has 0 radical (unpaired) electrons. The van der Waals surface area contributed by atoms with Crippen molar-refractivity contribution >= 4 is 17.6 Å². The highest BCUT2D eigenvalue weighted by Gasteiger charge is 2.40. The number of hydrogen-bond acceptors (Lipinski definition) is 3. The molecule has 0 saturated carbocycles. The van der Waals surface area contributed by atoms with Crippen LogP contribution in [0.5, 0.6) is 5.75 Å². The van der Waals surface area contributed by atoms with Gasteiger partial charge in [-0.2, -0.15) is 0 Å². The SMILES string of the molecule is C=C(C)[C@H]1C[C@H](c2cccc(C)c2)[C@H](C)O[C@@H]1c1cc(C(C)(C)C)cc(Cl)c1OCC(=O)O. The minimum atomic E-state index is -1.05. The molecule has 0 amide bonds. The molecular weight excluding hydrogens is 436 g/mol. The highest BCUT2D eigenvalue weighted by atomic mass is 35.5. The third-order valence-electron chi connectivity index (χ3n) is 6.49. The lowest BCUT2D eigenvalue weighted by Gasteiger charge is -2.42. The third-order valence-corrected chi connectivity index (χ3v) is 6.77. The van der Waals surface area contributed by atoms with Crippen LogP contribution in [0, 0.1) is 12.8 Å². The van der Waals surface area contributed by atoms with Gasteiger partial charge in [-0.05, 0) is 55.9 Å². The van der Waals surface area contributed by atoms with E-state index in [1.807, 2.05) is 13.0 Å². The second-order valence-corrected chi connectivity index (χ2v) is 10.7. The number of carboxylic acids is 1. The Kier molecular flexibility index (Phi) is 7.60. The molecule has 5 heteroatoms. The van der Waals surface area contributed by atoms with Crippen LogP contribution in [-0.4, -0.2) is 23.8 Å². The summed E-state index contributed by atoms with van der Waals surface area (Å²) in [6.45, 7) is 16.4. The molecule has 1 fully saturated rings. The number of benzene rings is 2. The molecule has 0 aromatic heterocycles. The molecule has 1 aliphatic heterocycles. The van der Waals surface area contributed by atoms with E-state index in [2.05, 4.69) is 71.5 Å². The van der Waals surface area contributed by atoms with Gasteiger partial charge in [-0.15, -0.1) is 0 Å². The summed E-state index contributed by atoms with van der Waals surface area (Å²) < 4.78 is 12.4. The van der Waals surface area contributed by atoms with E-state index >= 15 is 0 Å². The standard InChI is InChI=1S/C28H35ClO4/c1-16(2)21-14-22(19-10-8-9-17(3)11-19)18(4)33-26(21)23-12-20(28(5,6)7)13-24(29)27(23)32-15-25(30)31/h8-13,18,21-22,26H,1,14-15H2,2-7H3,(H,30,31)/t18-,21+,22-,26-/m0/s1. The van der Waals surface area contributed by atoms with Crippen LogP contribution < -0.4 is 4.74 Å². The lowest BCUT2D eigenvalue weighted by atomic mass is 9.75. The molecule has 0 spiro atoms. The van der Waals surface area contributed by atoms with Gasteiger partial charge >= 0.3 is 5.97 Å². The summed E-state index contributed by atoms with van der Waals surface area (Å²) in [5.74, 6) is -0.409. The molecule has 0 bridgehead atoms. The zero-order chi connectivity index (χ0) is 24.5. The second-order valence-electron chi connectivity index (χ2n) is 10.3. The Balaban J connectivity index is 2.08. The van der Waals surface area contributed by atoms with Crippen molar-refractivity contribution in [2.45, 2.75) is 71.5 Å². The van der Waals surface area contributed by atoms with E-state index in [1.54, 1.807) is 0 Å². The van der Waals surface area contributed by atoms with Crippen molar-refractivity contribution in [3.8, 4) is 5.75 Å². The molecular formula is C28H35ClO4. The predicted octanol–water partition coefficient (Wildman–Crippen LogP) is 7.24. The fourth-order valence-electron chi connectivity index (χ4n) is 4.61. The maximum Gasteiger partial charge on any atom is 0.341 e. The van der Waals surface area contributed by atoms with Crippen LogP contribution >= 0.6 is 11.6 Å². The van der Waals surface area contributed by atoms with Gasteiger partial charge in [0.15, 0.2) is 6.61 Å². The minimum Gasteiger partial charge on any atom is -0.480 e. The summed E-state index contributed by atoms with van der Waals surface area (Å²) in [4.78, 5) is 11.2. The Hall–Kier alpha value is -2.30. The summed E-state index contributed by atoms with van der Waals surface area (Å²) in [5, 5.41) is 9.60. The van der Waals surface area contributed by atoms with E-state index in [9.17, 15) is 9.90 Å². The van der Waals surface area contributed by atoms with E-state index in [-0.39, 0.29) is 29.5 Å². The molecule has 4 atom stereocenters. The number of carboxylic acid groups (broad SMARTS) is 1. The van der Waals surface area contributed by atoms with Crippen molar-refractivity contribution in [2.75, 3.05) is 6.61 Å². The topological polar surface area (TPSA) is 55.8 Å². The molecule has 4 nitrogen and oxygen atoms in total. The van der Waals surface area contributed by atoms with Gasteiger partial charge in [0, 0.05) is 17.4 Å². The van der Waals surface area contributed by atoms with Gasteiger partial charge in [0.1, 0.15) is 5.75 Å². The third kappa shape index (κ3) is 5.80. The van der Waals surface area contributed by atoms with Crippen molar-refractivity contribution in [2.24, 2.45) is 5.92 Å². The van der Waals surface area contributed by atoms with Crippen LogP contribution in [0.1, 0.15) is 75.3 Å². The van der Waals surface area contributed by atoms with Crippen LogP contribution in [0.3, 0.4) is 0 Å². The first-order chi connectivity index (χ1) is 15.4. The fourth-order valence-corrected chi connectivity index (χ4v) is 4.89. The molecule has 0 unspecified atom stereocenters. The lowest BCUT2D eigenvalue weighted by molar-refractivity contribution is -0.139. The molecule has 0 aliphatic carbocycles. The molecule has 1 N–H and O–H groups in total. The van der Waals surface area contributed by atoms with Crippen molar-refractivity contribution in [3.63, 3.8) is 0 Å². The molecule has 178 valence electrons. The normalized spacial score (nSPS) is 23.2. The monoisotopic (exact) mass is 470 g/mol. The first-order valence-corrected chi connectivity index (χ1v) is 11.8. The Labute approximate surface area is 202 Å². The first kappa shape index (κ1) is 25.3. The van der Waals surface area contributed by atoms with Crippen LogP contribution in [0.2, 0.25) is 5.02 Å². The lowest BCUT2D eigenvalue weighted by Crippen LogP contribution is -2.35. The van der Waals surface area contributed by atoms with Gasteiger partial charge < -0.3 is 14.6 Å². The highest BCUT2D eigenvalue weighted by Crippen LogP contribution is 2.50. The predicted molar refractivity (Wildman–Crippen MR) is 133 cm³/mol. The minimum absolute atomic E-state index is 0.0326. The smallest absolute Gasteiger partial charge is 0.341 e. The number of hydrogen-bond donors (Lipinski definition) is 1. The first-order valence-electron chi connectivity index (χ1n) is 11.4. The Morgan fingerprint density at radius 3 is 2.55 bits per heavy atom. The van der Waals surface area contributed by atoms with Crippen molar-refractivity contribution in [1.29, 1.82) is 0 Å². The molecule has 33 heavy (non-hydrogen) atoms. The fraction of sp³-hybridized carbons (Fsp3) is 0.464. The van der Waals surface area contributed by atoms with E-state index in [4.69, 9.17) is 21.1 Å². The quantitative estimate of drug-likeness (QED) is 0.452. The van der Waals surface area contributed by atoms with Gasteiger partial charge in [-0.1, -0.05) is 74.4 Å². The van der Waals surface area contributed by atoms with Gasteiger partial charge in [0.25, 0.3) is 0 Å². The van der Waals surface area contributed by atoms with Crippen LogP contribution in [0.25, 0.3) is 0 Å². The summed E-state index contributed by atoms with van der Waals surface area (Å²) in [5.41, 5.74) is 5.19. The van der Waals surface area contributed by atoms with Gasteiger partial charge in [0.05, 0.1) is 17.2 Å². The van der Waals surface area contributed by atoms with Crippen LogP contribution in [0.4, 0.5) is 0 Å². The van der Waals surface area contributed by atoms with E-state index in [0.717, 1.165) is 23.1 Å². The van der Waals surface area contributed by atoms with E-state index < -0.39 is 12.6 Å². The van der Waals surface area contributed by atoms with Crippen LogP contribution in [-0.2, 0) is 14.9 Å². The van der Waals surface area contributed by atoms with Crippen molar-refractivity contribution in [3.05, 3.63) is 75.8 Å². The number of carbonyl (C=O) groups is 1. The van der Waals surface area contributed by atoms with Crippen LogP contribution in [0.15, 0.2) is 48.6 Å². The largest absolute Gasteiger partial charge is 0.480 e. The Morgan fingerprint density at radius 2 is 1.97 bits per heavy atom. The average molecular weight is 471 g/mol. The Bertz CT molecular complexity index is 1040. The maximum atomic E-state index is 11.2. The number of rotatable bonds is 6. The molecule has 1 aliphatic rings. The molecule has 1 saturated heterocycles. The summed E-state index contributed by atoms with van der Waals surface area (Å²) in [7, 11) is 0. The number of ether oxygens (including phenoxy) is 2. The number of halogens is 1. The molecule has 3 rings (SSSR count). The molecule has 2 aromatic carbocycles. The van der Waals surface area contributed by atoms with Crippen molar-refractivity contribution < 1.29 is 19.4 Å². The Morgan fingerprint density at radius 1 is 1.27 bits per heavy atom. The van der Waals surface area contributed by atoms with Gasteiger partial charge in [-0.3, -0.25) is 0 Å². The highest BCUT2D eigenvalue weighted by molar-refractivity contribution is 6.32. The van der Waals surface area contributed by atoms with Gasteiger partial charge in [-0.25, -0.2) is 4.79 Å². The average Bonchev–Trinajstić information content (AvgIpc) is 2.71. The maximum absolute atomic E-state index is 11.2. The number of aryl methyl sites for hydroxylation is 1. The van der Waals surface area contributed by atoms with E-state index in [0.29, 0.717) is 10.8 Å². The summed E-state index contributed by atoms with van der Waals surface area (Å²) >= 11 is 6.65. The van der Waals surface area contributed by atoms with Gasteiger partial charge in [0.2, 0.25) is 0 Å². The zero-order valence-electron chi connectivity index (χ0n) is 20.4. The van der Waals surface area contributed by atoms with E-state index in [1.165, 1.54) is 11.1 Å².